The van der Waals surface area contributed by atoms with Gasteiger partial charge in [0.15, 0.2) is 11.3 Å². The molecule has 2 aromatic heterocycles. The van der Waals surface area contributed by atoms with Crippen molar-refractivity contribution in [2.24, 2.45) is 0 Å². The van der Waals surface area contributed by atoms with Gasteiger partial charge in [-0.05, 0) is 19.1 Å². The molecule has 0 spiro atoms. The average Bonchev–Trinajstić information content (AvgIpc) is 2.87. The Balaban J connectivity index is 2.06. The number of halogens is 2. The largest absolute Gasteiger partial charge is 0.476 e. The van der Waals surface area contributed by atoms with E-state index in [9.17, 15) is 13.6 Å². The summed E-state index contributed by atoms with van der Waals surface area (Å²) in [5, 5.41) is 13.3. The van der Waals surface area contributed by atoms with Crippen molar-refractivity contribution >= 4 is 17.4 Å². The van der Waals surface area contributed by atoms with Crippen LogP contribution >= 0.6 is 0 Å². The topological polar surface area (TPSA) is 70.7 Å². The van der Waals surface area contributed by atoms with Crippen LogP contribution in [0.15, 0.2) is 12.1 Å². The Morgan fingerprint density at radius 3 is 2.80 bits per heavy atom. The quantitative estimate of drug-likeness (QED) is 0.905. The van der Waals surface area contributed by atoms with Crippen molar-refractivity contribution in [1.82, 2.24) is 14.6 Å². The highest BCUT2D eigenvalue weighted by molar-refractivity contribution is 5.88. The molecule has 2 aromatic rings. The van der Waals surface area contributed by atoms with Crippen LogP contribution in [0.25, 0.3) is 5.65 Å². The molecule has 6 nitrogen and oxygen atoms in total. The molecule has 0 amide bonds. The summed E-state index contributed by atoms with van der Waals surface area (Å²) in [6, 6.07) is 3.16. The third kappa shape index (κ3) is 1.97. The van der Waals surface area contributed by atoms with E-state index in [-0.39, 0.29) is 18.7 Å². The van der Waals surface area contributed by atoms with E-state index in [2.05, 4.69) is 10.1 Å². The maximum Gasteiger partial charge on any atom is 0.356 e. The molecule has 0 aliphatic carbocycles. The highest BCUT2D eigenvalue weighted by atomic mass is 19.3. The minimum absolute atomic E-state index is 0.0483. The van der Waals surface area contributed by atoms with Crippen molar-refractivity contribution in [1.29, 1.82) is 0 Å². The fourth-order valence-corrected chi connectivity index (χ4v) is 2.38. The Bertz CT molecular complexity index is 698. The number of fused-ring (bicyclic) bond motifs is 1. The van der Waals surface area contributed by atoms with Crippen molar-refractivity contribution < 1.29 is 18.7 Å². The number of alkyl halides is 2. The molecule has 0 aromatic carbocycles. The summed E-state index contributed by atoms with van der Waals surface area (Å²) in [7, 11) is 0. The fraction of sp³-hybridized carbons (Fsp3) is 0.417. The number of aromatic carboxylic acids is 1. The minimum Gasteiger partial charge on any atom is -0.476 e. The summed E-state index contributed by atoms with van der Waals surface area (Å²) in [6.07, 6.45) is -0.221. The number of rotatable bonds is 2. The van der Waals surface area contributed by atoms with Crippen LogP contribution in [0.1, 0.15) is 22.6 Å². The second-order valence-electron chi connectivity index (χ2n) is 4.84. The van der Waals surface area contributed by atoms with Gasteiger partial charge in [-0.1, -0.05) is 0 Å². The number of carboxylic acids is 1. The van der Waals surface area contributed by atoms with Gasteiger partial charge in [0.1, 0.15) is 5.82 Å². The summed E-state index contributed by atoms with van der Waals surface area (Å²) < 4.78 is 27.6. The van der Waals surface area contributed by atoms with E-state index in [1.54, 1.807) is 19.1 Å². The lowest BCUT2D eigenvalue weighted by Gasteiger charge is -2.16. The minimum atomic E-state index is -2.73. The first-order valence-corrected chi connectivity index (χ1v) is 6.10. The molecular weight excluding hydrogens is 270 g/mol. The zero-order chi connectivity index (χ0) is 14.5. The van der Waals surface area contributed by atoms with Crippen LogP contribution in [0.4, 0.5) is 14.6 Å². The van der Waals surface area contributed by atoms with E-state index in [1.807, 2.05) is 0 Å². The number of imidazole rings is 1. The van der Waals surface area contributed by atoms with E-state index in [1.165, 1.54) is 9.42 Å². The molecule has 1 aliphatic rings. The van der Waals surface area contributed by atoms with Crippen LogP contribution in [0.5, 0.6) is 0 Å². The lowest BCUT2D eigenvalue weighted by molar-refractivity contribution is 0.0256. The molecule has 20 heavy (non-hydrogen) atoms. The van der Waals surface area contributed by atoms with Gasteiger partial charge in [-0.15, -0.1) is 5.10 Å². The molecule has 1 saturated heterocycles. The molecule has 1 N–H and O–H groups in total. The summed E-state index contributed by atoms with van der Waals surface area (Å²) in [4.78, 5) is 16.7. The first kappa shape index (κ1) is 12.8. The van der Waals surface area contributed by atoms with Gasteiger partial charge in [-0.2, -0.15) is 0 Å². The lowest BCUT2D eigenvalue weighted by Crippen LogP contribution is -2.26. The molecule has 0 bridgehead atoms. The Morgan fingerprint density at radius 2 is 2.20 bits per heavy atom. The normalized spacial score (nSPS) is 17.9. The van der Waals surface area contributed by atoms with Gasteiger partial charge in [0.2, 0.25) is 0 Å². The summed E-state index contributed by atoms with van der Waals surface area (Å²) in [5.74, 6) is -3.54. The number of carbonyl (C=O) groups is 1. The molecule has 3 rings (SSSR count). The van der Waals surface area contributed by atoms with Gasteiger partial charge in [-0.3, -0.25) is 0 Å². The van der Waals surface area contributed by atoms with Gasteiger partial charge in [0.25, 0.3) is 5.92 Å². The van der Waals surface area contributed by atoms with Crippen molar-refractivity contribution in [3.63, 3.8) is 0 Å². The second kappa shape index (κ2) is 4.12. The number of carboxylic acid groups (broad SMARTS) is 1. The van der Waals surface area contributed by atoms with Crippen molar-refractivity contribution in [2.75, 3.05) is 18.0 Å². The zero-order valence-corrected chi connectivity index (χ0v) is 10.7. The first-order chi connectivity index (χ1) is 9.37. The molecule has 3 heterocycles. The van der Waals surface area contributed by atoms with Gasteiger partial charge >= 0.3 is 5.97 Å². The van der Waals surface area contributed by atoms with E-state index in [0.717, 1.165) is 0 Å². The van der Waals surface area contributed by atoms with Gasteiger partial charge in [0, 0.05) is 13.0 Å². The molecule has 0 atom stereocenters. The Morgan fingerprint density at radius 1 is 1.45 bits per heavy atom. The highest BCUT2D eigenvalue weighted by Gasteiger charge is 2.39. The summed E-state index contributed by atoms with van der Waals surface area (Å²) in [6.45, 7) is 1.37. The standard InChI is InChI=1S/C12H12F2N4O2/c1-7-10(11(19)20)18-8(15-7)2-3-9(16-18)17-5-4-12(13,14)6-17/h2-3H,4-6H2,1H3,(H,19,20). The van der Waals surface area contributed by atoms with Crippen molar-refractivity contribution in [2.45, 2.75) is 19.3 Å². The van der Waals surface area contributed by atoms with Crippen LogP contribution in [-0.2, 0) is 0 Å². The number of hydrogen-bond acceptors (Lipinski definition) is 4. The van der Waals surface area contributed by atoms with Gasteiger partial charge in [0.05, 0.1) is 12.2 Å². The van der Waals surface area contributed by atoms with Crippen LogP contribution in [-0.4, -0.2) is 44.7 Å². The summed E-state index contributed by atoms with van der Waals surface area (Å²) in [5.41, 5.74) is 0.677. The predicted molar refractivity (Wildman–Crippen MR) is 66.5 cm³/mol. The fourth-order valence-electron chi connectivity index (χ4n) is 2.38. The SMILES string of the molecule is Cc1nc2ccc(N3CCC(F)(F)C3)nn2c1C(=O)O. The number of anilines is 1. The van der Waals surface area contributed by atoms with E-state index in [4.69, 9.17) is 5.11 Å². The molecule has 1 fully saturated rings. The Labute approximate surface area is 112 Å². The van der Waals surface area contributed by atoms with E-state index < -0.39 is 18.4 Å². The first-order valence-electron chi connectivity index (χ1n) is 6.10. The average molecular weight is 282 g/mol. The predicted octanol–water partition coefficient (Wildman–Crippen LogP) is 1.58. The number of aryl methyl sites for hydroxylation is 1. The van der Waals surface area contributed by atoms with Gasteiger partial charge in [-0.25, -0.2) is 23.1 Å². The molecule has 8 heteroatoms. The number of nitrogens with zero attached hydrogens (tertiary/aromatic N) is 4. The Kier molecular flexibility index (Phi) is 2.63. The zero-order valence-electron chi connectivity index (χ0n) is 10.7. The number of aromatic nitrogens is 3. The van der Waals surface area contributed by atoms with Crippen LogP contribution < -0.4 is 4.90 Å². The second-order valence-corrected chi connectivity index (χ2v) is 4.84. The molecule has 1 aliphatic heterocycles. The van der Waals surface area contributed by atoms with Crippen LogP contribution in [0.2, 0.25) is 0 Å². The third-order valence-corrected chi connectivity index (χ3v) is 3.33. The maximum atomic E-state index is 13.2. The molecule has 0 unspecified atom stereocenters. The molecule has 0 saturated carbocycles. The van der Waals surface area contributed by atoms with Crippen molar-refractivity contribution in [3.05, 3.63) is 23.5 Å². The van der Waals surface area contributed by atoms with Crippen molar-refractivity contribution in [3.8, 4) is 0 Å². The maximum absolute atomic E-state index is 13.2. The van der Waals surface area contributed by atoms with Gasteiger partial charge < -0.3 is 10.0 Å². The molecule has 106 valence electrons. The molecule has 0 radical (unpaired) electrons. The van der Waals surface area contributed by atoms with E-state index >= 15 is 0 Å². The summed E-state index contributed by atoms with van der Waals surface area (Å²) >= 11 is 0. The molecular formula is C12H12F2N4O2. The highest BCUT2D eigenvalue weighted by Crippen LogP contribution is 2.30. The Hall–Kier alpha value is -2.25. The van der Waals surface area contributed by atoms with E-state index in [0.29, 0.717) is 17.2 Å². The lowest BCUT2D eigenvalue weighted by atomic mass is 10.3. The third-order valence-electron chi connectivity index (χ3n) is 3.33. The monoisotopic (exact) mass is 282 g/mol. The smallest absolute Gasteiger partial charge is 0.356 e. The van der Waals surface area contributed by atoms with Crippen LogP contribution in [0, 0.1) is 6.92 Å². The number of hydrogen-bond donors (Lipinski definition) is 1. The van der Waals surface area contributed by atoms with Crippen LogP contribution in [0.3, 0.4) is 0 Å².